The first-order valence-corrected chi connectivity index (χ1v) is 10.3. The lowest BCUT2D eigenvalue weighted by molar-refractivity contribution is -0.201. The van der Waals surface area contributed by atoms with Gasteiger partial charge in [-0.15, -0.1) is 0 Å². The number of hydrogen-bond acceptors (Lipinski definition) is 0. The van der Waals surface area contributed by atoms with Crippen LogP contribution in [0, 0.1) is 46.3 Å². The minimum Gasteiger partial charge on any atom is -0.0628 e. The summed E-state index contributed by atoms with van der Waals surface area (Å²) >= 11 is 0. The fourth-order valence-corrected chi connectivity index (χ4v) is 7.84. The van der Waals surface area contributed by atoms with Gasteiger partial charge in [0, 0.05) is 0 Å². The molecule has 0 aromatic heterocycles. The topological polar surface area (TPSA) is 0 Å². The molecule has 0 aromatic carbocycles. The Kier molecular flexibility index (Phi) is 4.45. The Bertz CT molecular complexity index is 359. The number of hydrogen-bond donors (Lipinski definition) is 0. The highest BCUT2D eigenvalue weighted by molar-refractivity contribution is 5.13. The molecule has 4 fully saturated rings. The quantitative estimate of drug-likeness (QED) is 0.498. The summed E-state index contributed by atoms with van der Waals surface area (Å²) in [5, 5.41) is 0. The number of rotatable bonds is 6. The minimum absolute atomic E-state index is 0.674. The van der Waals surface area contributed by atoms with Crippen molar-refractivity contribution in [3.05, 3.63) is 0 Å². The van der Waals surface area contributed by atoms with Gasteiger partial charge in [0.1, 0.15) is 0 Å². The van der Waals surface area contributed by atoms with Gasteiger partial charge >= 0.3 is 0 Å². The van der Waals surface area contributed by atoms with E-state index < -0.39 is 0 Å². The molecule has 0 spiro atoms. The molecule has 4 aliphatic rings. The van der Waals surface area contributed by atoms with Gasteiger partial charge in [0.15, 0.2) is 0 Å². The highest BCUT2D eigenvalue weighted by Gasteiger charge is 2.64. The lowest BCUT2D eigenvalue weighted by Gasteiger charge is -2.70. The van der Waals surface area contributed by atoms with E-state index in [-0.39, 0.29) is 0 Å². The Morgan fingerprint density at radius 2 is 1.14 bits per heavy atom. The van der Waals surface area contributed by atoms with E-state index in [2.05, 4.69) is 41.5 Å². The summed E-state index contributed by atoms with van der Waals surface area (Å²) in [7, 11) is 0. The van der Waals surface area contributed by atoms with E-state index in [1.54, 1.807) is 32.1 Å². The Hall–Kier alpha value is 0. The third-order valence-corrected chi connectivity index (χ3v) is 7.44. The molecule has 128 valence electrons. The monoisotopic (exact) mass is 304 g/mol. The molecular weight excluding hydrogens is 264 g/mol. The van der Waals surface area contributed by atoms with Crippen molar-refractivity contribution in [1.82, 2.24) is 0 Å². The molecular formula is C22H40. The van der Waals surface area contributed by atoms with Gasteiger partial charge < -0.3 is 0 Å². The SMILES string of the molecule is CC(C)CC12CC3CC(CC(C3)C1(CC(C)C)CC(C)C)C2. The van der Waals surface area contributed by atoms with Crippen molar-refractivity contribution >= 4 is 0 Å². The van der Waals surface area contributed by atoms with E-state index in [4.69, 9.17) is 0 Å². The van der Waals surface area contributed by atoms with Gasteiger partial charge in [-0.25, -0.2) is 0 Å². The van der Waals surface area contributed by atoms with Crippen molar-refractivity contribution in [3.8, 4) is 0 Å². The highest BCUT2D eigenvalue weighted by atomic mass is 14.7. The Labute approximate surface area is 139 Å². The molecule has 0 saturated heterocycles. The van der Waals surface area contributed by atoms with Crippen LogP contribution in [-0.2, 0) is 0 Å². The maximum Gasteiger partial charge on any atom is -0.0207 e. The third-order valence-electron chi connectivity index (χ3n) is 7.44. The largest absolute Gasteiger partial charge is 0.0628 e. The Morgan fingerprint density at radius 3 is 1.55 bits per heavy atom. The standard InChI is InChI=1S/C22H40/c1-15(2)10-21-13-18-7-19(14-21)9-20(8-18)22(21,11-16(3)4)12-17(5)6/h15-20H,7-14H2,1-6H3. The molecule has 0 nitrogen and oxygen atoms in total. The van der Waals surface area contributed by atoms with Crippen molar-refractivity contribution < 1.29 is 0 Å². The summed E-state index contributed by atoms with van der Waals surface area (Å²) in [6, 6.07) is 0. The van der Waals surface area contributed by atoms with Gasteiger partial charge in [0.05, 0.1) is 0 Å². The molecule has 0 N–H and O–H groups in total. The second-order valence-electron chi connectivity index (χ2n) is 10.8. The van der Waals surface area contributed by atoms with Crippen LogP contribution in [0.2, 0.25) is 0 Å². The molecule has 4 rings (SSSR count). The van der Waals surface area contributed by atoms with Crippen LogP contribution in [0.4, 0.5) is 0 Å². The van der Waals surface area contributed by atoms with Crippen LogP contribution in [0.15, 0.2) is 0 Å². The van der Waals surface area contributed by atoms with E-state index in [0.717, 1.165) is 35.5 Å². The van der Waals surface area contributed by atoms with Gasteiger partial charge in [0.25, 0.3) is 0 Å². The molecule has 0 amide bonds. The smallest absolute Gasteiger partial charge is 0.0207 e. The van der Waals surface area contributed by atoms with Gasteiger partial charge in [0.2, 0.25) is 0 Å². The molecule has 4 saturated carbocycles. The summed E-state index contributed by atoms with van der Waals surface area (Å²) in [6.45, 7) is 14.9. The van der Waals surface area contributed by atoms with Crippen LogP contribution in [-0.4, -0.2) is 0 Å². The first-order chi connectivity index (χ1) is 10.3. The summed E-state index contributed by atoms with van der Waals surface area (Å²) in [4.78, 5) is 0. The minimum atomic E-state index is 0.674. The lowest BCUT2D eigenvalue weighted by Crippen LogP contribution is -2.61. The highest BCUT2D eigenvalue weighted by Crippen LogP contribution is 2.73. The third kappa shape index (κ3) is 2.67. The summed E-state index contributed by atoms with van der Waals surface area (Å²) in [6.07, 6.45) is 12.4. The van der Waals surface area contributed by atoms with Gasteiger partial charge in [-0.2, -0.15) is 0 Å². The molecule has 2 unspecified atom stereocenters. The molecule has 2 atom stereocenters. The molecule has 0 radical (unpaired) electrons. The molecule has 0 aromatic rings. The first kappa shape index (κ1) is 16.8. The van der Waals surface area contributed by atoms with E-state index in [9.17, 15) is 0 Å². The fourth-order valence-electron chi connectivity index (χ4n) is 7.84. The normalized spacial score (nSPS) is 39.4. The van der Waals surface area contributed by atoms with Crippen LogP contribution in [0.3, 0.4) is 0 Å². The summed E-state index contributed by atoms with van der Waals surface area (Å²) in [5.74, 6) is 5.82. The van der Waals surface area contributed by atoms with Gasteiger partial charge in [-0.1, -0.05) is 41.5 Å². The van der Waals surface area contributed by atoms with Crippen LogP contribution in [0.1, 0.15) is 92.9 Å². The zero-order chi connectivity index (χ0) is 16.1. The zero-order valence-corrected chi connectivity index (χ0v) is 16.1. The maximum atomic E-state index is 2.48. The van der Waals surface area contributed by atoms with Crippen LogP contribution in [0.5, 0.6) is 0 Å². The van der Waals surface area contributed by atoms with E-state index >= 15 is 0 Å². The van der Waals surface area contributed by atoms with Crippen LogP contribution >= 0.6 is 0 Å². The van der Waals surface area contributed by atoms with Crippen LogP contribution < -0.4 is 0 Å². The average Bonchev–Trinajstić information content (AvgIpc) is 2.32. The molecule has 0 heteroatoms. The van der Waals surface area contributed by atoms with Crippen molar-refractivity contribution in [2.75, 3.05) is 0 Å². The average molecular weight is 305 g/mol. The fraction of sp³-hybridized carbons (Fsp3) is 1.00. The van der Waals surface area contributed by atoms with Crippen molar-refractivity contribution in [2.45, 2.75) is 92.9 Å². The lowest BCUT2D eigenvalue weighted by atomic mass is 9.35. The second kappa shape index (κ2) is 5.82. The predicted molar refractivity (Wildman–Crippen MR) is 96.8 cm³/mol. The Morgan fingerprint density at radius 1 is 0.682 bits per heavy atom. The molecule has 0 aliphatic heterocycles. The van der Waals surface area contributed by atoms with E-state index in [0.29, 0.717) is 10.8 Å². The van der Waals surface area contributed by atoms with Crippen molar-refractivity contribution in [1.29, 1.82) is 0 Å². The van der Waals surface area contributed by atoms with Gasteiger partial charge in [-0.3, -0.25) is 0 Å². The van der Waals surface area contributed by atoms with E-state index in [1.807, 2.05) is 0 Å². The summed E-state index contributed by atoms with van der Waals surface area (Å²) < 4.78 is 0. The summed E-state index contributed by atoms with van der Waals surface area (Å²) in [5.41, 5.74) is 1.37. The zero-order valence-electron chi connectivity index (χ0n) is 16.1. The maximum absolute atomic E-state index is 2.48. The second-order valence-corrected chi connectivity index (χ2v) is 10.8. The van der Waals surface area contributed by atoms with Gasteiger partial charge in [-0.05, 0) is 97.7 Å². The molecule has 4 bridgehead atoms. The predicted octanol–water partition coefficient (Wildman–Crippen LogP) is 6.94. The van der Waals surface area contributed by atoms with Crippen molar-refractivity contribution in [2.24, 2.45) is 46.3 Å². The van der Waals surface area contributed by atoms with E-state index in [1.165, 1.54) is 19.3 Å². The first-order valence-electron chi connectivity index (χ1n) is 10.3. The molecule has 4 aliphatic carbocycles. The van der Waals surface area contributed by atoms with Crippen molar-refractivity contribution in [3.63, 3.8) is 0 Å². The van der Waals surface area contributed by atoms with Crippen LogP contribution in [0.25, 0.3) is 0 Å². The molecule has 0 heterocycles. The molecule has 22 heavy (non-hydrogen) atoms. The Balaban J connectivity index is 2.02.